The number of aryl methyl sites for hydroxylation is 1. The van der Waals surface area contributed by atoms with Crippen LogP contribution in [-0.2, 0) is 4.79 Å². The van der Waals surface area contributed by atoms with Gasteiger partial charge in [-0.1, -0.05) is 31.5 Å². The van der Waals surface area contributed by atoms with Gasteiger partial charge in [0.05, 0.1) is 6.54 Å². The maximum Gasteiger partial charge on any atom is 0.236 e. The van der Waals surface area contributed by atoms with E-state index in [1.807, 2.05) is 25.8 Å². The molecular weight excluding hydrogens is 322 g/mol. The van der Waals surface area contributed by atoms with E-state index in [1.54, 1.807) is 0 Å². The first-order valence-corrected chi connectivity index (χ1v) is 10.3. The van der Waals surface area contributed by atoms with E-state index in [-0.39, 0.29) is 5.91 Å². The minimum absolute atomic E-state index is 0.280. The molecule has 1 aromatic rings. The highest BCUT2D eigenvalue weighted by atomic mass is 16.2. The van der Waals surface area contributed by atoms with Crippen LogP contribution in [0.2, 0.25) is 0 Å². The van der Waals surface area contributed by atoms with E-state index in [1.165, 1.54) is 36.9 Å². The van der Waals surface area contributed by atoms with Crippen LogP contribution in [-0.4, -0.2) is 62.0 Å². The van der Waals surface area contributed by atoms with E-state index < -0.39 is 0 Å². The van der Waals surface area contributed by atoms with Crippen LogP contribution in [0.4, 0.5) is 5.69 Å². The third-order valence-electron chi connectivity index (χ3n) is 5.83. The van der Waals surface area contributed by atoms with Crippen LogP contribution in [0, 0.1) is 12.8 Å². The van der Waals surface area contributed by atoms with Crippen molar-refractivity contribution >= 4 is 11.6 Å². The van der Waals surface area contributed by atoms with Gasteiger partial charge in [0, 0.05) is 45.5 Å². The lowest BCUT2D eigenvalue weighted by atomic mass is 9.84. The number of hydrogen-bond acceptors (Lipinski definition) is 3. The van der Waals surface area contributed by atoms with Gasteiger partial charge in [0.15, 0.2) is 0 Å². The Morgan fingerprint density at radius 2 is 1.65 bits per heavy atom. The first-order valence-electron chi connectivity index (χ1n) is 10.3. The summed E-state index contributed by atoms with van der Waals surface area (Å²) in [5, 5.41) is 0. The largest absolute Gasteiger partial charge is 0.374 e. The maximum absolute atomic E-state index is 11.9. The number of likely N-dealkylation sites (N-methyl/N-ethyl adjacent to an activating group) is 1. The third-order valence-corrected chi connectivity index (χ3v) is 5.83. The molecule has 1 heterocycles. The average molecular weight is 360 g/mol. The molecule has 146 valence electrons. The fourth-order valence-electron chi connectivity index (χ4n) is 4.07. The maximum atomic E-state index is 11.9. The van der Waals surface area contributed by atoms with Crippen LogP contribution in [0.15, 0.2) is 24.3 Å². The highest BCUT2D eigenvalue weighted by Gasteiger charge is 2.30. The zero-order valence-corrected chi connectivity index (χ0v) is 17.4. The predicted molar refractivity (Wildman–Crippen MR) is 111 cm³/mol. The van der Waals surface area contributed by atoms with Gasteiger partial charge in [0.1, 0.15) is 0 Å². The van der Waals surface area contributed by atoms with Gasteiger partial charge in [-0.15, -0.1) is 0 Å². The molecule has 1 saturated heterocycles. The van der Waals surface area contributed by atoms with Gasteiger partial charge in [-0.3, -0.25) is 9.69 Å². The summed E-state index contributed by atoms with van der Waals surface area (Å²) >= 11 is 0. The molecule has 26 heavy (non-hydrogen) atoms. The monoisotopic (exact) mass is 359 g/mol. The van der Waals surface area contributed by atoms with Crippen molar-refractivity contribution in [2.45, 2.75) is 52.5 Å². The summed E-state index contributed by atoms with van der Waals surface area (Å²) in [6, 6.07) is 9.43. The molecule has 0 radical (unpaired) electrons. The molecular formula is C22H37N3O. The summed E-state index contributed by atoms with van der Waals surface area (Å²) in [6.07, 6.45) is 5.04. The second-order valence-electron chi connectivity index (χ2n) is 7.68. The number of nitrogens with zero attached hydrogens (tertiary/aromatic N) is 3. The lowest BCUT2D eigenvalue weighted by molar-refractivity contribution is -0.135. The minimum atomic E-state index is 0.280. The molecule has 1 aliphatic heterocycles. The molecule has 1 aromatic carbocycles. The number of carbonyl (C=O) groups is 1. The molecule has 0 atom stereocenters. The van der Waals surface area contributed by atoms with Gasteiger partial charge in [0.2, 0.25) is 5.91 Å². The zero-order chi connectivity index (χ0) is 19.1. The van der Waals surface area contributed by atoms with Crippen LogP contribution in [0.25, 0.3) is 0 Å². The molecule has 0 N–H and O–H groups in total. The number of rotatable bonds is 4. The van der Waals surface area contributed by atoms with Crippen molar-refractivity contribution < 1.29 is 4.79 Å². The molecule has 2 aliphatic rings. The quantitative estimate of drug-likeness (QED) is 0.818. The van der Waals surface area contributed by atoms with Gasteiger partial charge in [-0.2, -0.15) is 0 Å². The van der Waals surface area contributed by atoms with Gasteiger partial charge < -0.3 is 9.80 Å². The Bertz CT molecular complexity index is 549. The third kappa shape index (κ3) is 5.47. The number of anilines is 1. The van der Waals surface area contributed by atoms with E-state index in [0.717, 1.165) is 25.6 Å². The molecule has 4 nitrogen and oxygen atoms in total. The topological polar surface area (TPSA) is 26.8 Å². The summed E-state index contributed by atoms with van der Waals surface area (Å²) in [4.78, 5) is 18.6. The normalized spacial score (nSPS) is 24.0. The highest BCUT2D eigenvalue weighted by Crippen LogP contribution is 2.29. The number of piperazine rings is 1. The van der Waals surface area contributed by atoms with Crippen molar-refractivity contribution in [2.24, 2.45) is 5.92 Å². The Balaban J connectivity index is 0.00000117. The van der Waals surface area contributed by atoms with E-state index in [4.69, 9.17) is 0 Å². The zero-order valence-electron chi connectivity index (χ0n) is 17.4. The summed E-state index contributed by atoms with van der Waals surface area (Å²) < 4.78 is 0. The highest BCUT2D eigenvalue weighted by molar-refractivity contribution is 5.78. The number of carbonyl (C=O) groups excluding carboxylic acids is 1. The van der Waals surface area contributed by atoms with Gasteiger partial charge in [-0.25, -0.2) is 0 Å². The van der Waals surface area contributed by atoms with Crippen molar-refractivity contribution in [1.29, 1.82) is 0 Å². The summed E-state index contributed by atoms with van der Waals surface area (Å²) in [7, 11) is 4.12. The smallest absolute Gasteiger partial charge is 0.236 e. The molecule has 0 bridgehead atoms. The molecule has 3 rings (SSSR count). The Morgan fingerprint density at radius 3 is 2.23 bits per heavy atom. The fraction of sp³-hybridized carbons (Fsp3) is 0.682. The molecule has 0 unspecified atom stereocenters. The number of hydrogen-bond donors (Lipinski definition) is 0. The minimum Gasteiger partial charge on any atom is -0.374 e. The summed E-state index contributed by atoms with van der Waals surface area (Å²) in [6.45, 7) is 9.82. The van der Waals surface area contributed by atoms with E-state index in [0.29, 0.717) is 12.6 Å². The van der Waals surface area contributed by atoms with Crippen LogP contribution in [0.5, 0.6) is 0 Å². The van der Waals surface area contributed by atoms with Crippen molar-refractivity contribution in [1.82, 2.24) is 9.80 Å². The van der Waals surface area contributed by atoms with Crippen LogP contribution >= 0.6 is 0 Å². The van der Waals surface area contributed by atoms with E-state index in [2.05, 4.69) is 48.0 Å². The van der Waals surface area contributed by atoms with Crippen LogP contribution in [0.3, 0.4) is 0 Å². The lowest BCUT2D eigenvalue weighted by Gasteiger charge is -2.41. The molecule has 0 spiro atoms. The number of benzene rings is 1. The molecule has 1 aliphatic carbocycles. The molecule has 0 aromatic heterocycles. The molecule has 1 amide bonds. The first kappa shape index (κ1) is 20.8. The Hall–Kier alpha value is -1.55. The molecule has 1 saturated carbocycles. The SMILES string of the molecule is CC.Cc1ccc(N(C)CC2CCC(N3CCN(C)C(=O)C3)CC2)cc1. The van der Waals surface area contributed by atoms with Crippen LogP contribution < -0.4 is 4.90 Å². The standard InChI is InChI=1S/C20H31N3O.C2H6/c1-16-4-8-18(9-5-16)22(3)14-17-6-10-19(11-7-17)23-13-12-21(2)20(24)15-23;1-2/h4-5,8-9,17,19H,6-7,10-15H2,1-3H3;1-2H3. The second-order valence-corrected chi connectivity index (χ2v) is 7.68. The van der Waals surface area contributed by atoms with Crippen molar-refractivity contribution in [3.63, 3.8) is 0 Å². The van der Waals surface area contributed by atoms with E-state index >= 15 is 0 Å². The van der Waals surface area contributed by atoms with Crippen molar-refractivity contribution in [2.75, 3.05) is 45.2 Å². The molecule has 2 fully saturated rings. The van der Waals surface area contributed by atoms with Gasteiger partial charge >= 0.3 is 0 Å². The Kier molecular flexibility index (Phi) is 7.95. The lowest BCUT2D eigenvalue weighted by Crippen LogP contribution is -2.53. The first-order chi connectivity index (χ1) is 12.5. The fourth-order valence-corrected chi connectivity index (χ4v) is 4.07. The van der Waals surface area contributed by atoms with Crippen molar-refractivity contribution in [3.05, 3.63) is 29.8 Å². The summed E-state index contributed by atoms with van der Waals surface area (Å²) in [5.41, 5.74) is 2.63. The Labute approximate surface area is 160 Å². The second kappa shape index (κ2) is 9.96. The Morgan fingerprint density at radius 1 is 1.04 bits per heavy atom. The van der Waals surface area contributed by atoms with Gasteiger partial charge in [0.25, 0.3) is 0 Å². The summed E-state index contributed by atoms with van der Waals surface area (Å²) in [5.74, 6) is 1.05. The number of amides is 1. The van der Waals surface area contributed by atoms with E-state index in [9.17, 15) is 4.79 Å². The van der Waals surface area contributed by atoms with Gasteiger partial charge in [-0.05, 0) is 50.7 Å². The predicted octanol–water partition coefficient (Wildman–Crippen LogP) is 3.79. The molecule has 4 heteroatoms. The van der Waals surface area contributed by atoms with Crippen LogP contribution in [0.1, 0.15) is 45.1 Å². The average Bonchev–Trinajstić information content (AvgIpc) is 2.67. The van der Waals surface area contributed by atoms with Crippen molar-refractivity contribution in [3.8, 4) is 0 Å².